The van der Waals surface area contributed by atoms with Crippen LogP contribution in [0.4, 0.5) is 28.7 Å². The van der Waals surface area contributed by atoms with Crippen LogP contribution in [0.2, 0.25) is 5.28 Å². The van der Waals surface area contributed by atoms with Crippen LogP contribution in [0.25, 0.3) is 31.8 Å². The molecule has 6 N–H and O–H groups in total. The smallest absolute Gasteiger partial charge is 0.238 e. The van der Waals surface area contributed by atoms with E-state index < -0.39 is 11.8 Å². The molecule has 2 aliphatic rings. The summed E-state index contributed by atoms with van der Waals surface area (Å²) >= 11 is 6.07. The summed E-state index contributed by atoms with van der Waals surface area (Å²) in [6.07, 6.45) is 12.6. The number of benzene rings is 2. The van der Waals surface area contributed by atoms with Crippen molar-refractivity contribution in [3.8, 4) is 0 Å². The topological polar surface area (TPSA) is 247 Å². The number of pyridine rings is 2. The van der Waals surface area contributed by atoms with E-state index in [4.69, 9.17) is 40.6 Å². The maximum atomic E-state index is 13.0. The highest BCUT2D eigenvalue weighted by molar-refractivity contribution is 6.28. The Morgan fingerprint density at radius 2 is 1.30 bits per heavy atom. The Kier molecular flexibility index (Phi) is 16.8. The largest absolute Gasteiger partial charge is 0.394 e. The number of aryl methyl sites for hydroxylation is 2. The van der Waals surface area contributed by atoms with Crippen molar-refractivity contribution in [1.82, 2.24) is 49.5 Å². The highest BCUT2D eigenvalue weighted by Crippen LogP contribution is 2.42. The molecule has 2 aliphatic heterocycles. The Bertz CT molecular complexity index is 3190. The SMILES string of the molecule is COCCO.NCc1cccnc1.[C-]#[N+]c1ccc2c(c1)C(c1nc(Cl)nc3nn(CCC)cc13)C(=O)N2.[C-]#[N+]c1ccc2c(c1)C(c1nc(NCc3cccnc3)nc3nn(CCC)cc13)C(=O)N2. The Balaban J connectivity index is 0.000000167. The third-order valence-corrected chi connectivity index (χ3v) is 10.9. The van der Waals surface area contributed by atoms with Gasteiger partial charge in [0.1, 0.15) is 11.8 Å². The van der Waals surface area contributed by atoms with Crippen LogP contribution < -0.4 is 21.7 Å². The molecule has 20 nitrogen and oxygen atoms in total. The lowest BCUT2D eigenvalue weighted by Crippen LogP contribution is -2.16. The van der Waals surface area contributed by atoms with Crippen molar-refractivity contribution >= 4 is 74.2 Å². The summed E-state index contributed by atoms with van der Waals surface area (Å²) in [6, 6.07) is 18.0. The number of nitrogens with one attached hydrogen (secondary N) is 3. The van der Waals surface area contributed by atoms with Gasteiger partial charge in [-0.05, 0) is 71.0 Å². The summed E-state index contributed by atoms with van der Waals surface area (Å²) in [5.41, 5.74) is 13.2. The van der Waals surface area contributed by atoms with Gasteiger partial charge >= 0.3 is 0 Å². The summed E-state index contributed by atoms with van der Waals surface area (Å²) in [7, 11) is 1.55. The van der Waals surface area contributed by atoms with E-state index in [1.807, 2.05) is 41.3 Å². The van der Waals surface area contributed by atoms with Crippen molar-refractivity contribution in [2.24, 2.45) is 5.73 Å². The number of aromatic nitrogens is 10. The molecule has 8 aromatic rings. The van der Waals surface area contributed by atoms with Gasteiger partial charge in [0.15, 0.2) is 22.7 Å². The number of carbonyl (C=O) groups excluding carboxylic acids is 2. The summed E-state index contributed by atoms with van der Waals surface area (Å²) in [5.74, 6) is -1.27. The van der Waals surface area contributed by atoms with Gasteiger partial charge in [-0.15, -0.1) is 0 Å². The molecule has 70 heavy (non-hydrogen) atoms. The highest BCUT2D eigenvalue weighted by atomic mass is 35.5. The zero-order valence-electron chi connectivity index (χ0n) is 38.5. The number of fused-ring (bicyclic) bond motifs is 4. The number of aliphatic hydroxyl groups is 1. The van der Waals surface area contributed by atoms with E-state index in [-0.39, 0.29) is 23.7 Å². The quantitative estimate of drug-likeness (QED) is 0.0586. The number of nitrogens with zero attached hydrogens (tertiary/aromatic N) is 12. The first-order chi connectivity index (χ1) is 34.1. The molecule has 10 rings (SSSR count). The first-order valence-corrected chi connectivity index (χ1v) is 22.6. The first-order valence-electron chi connectivity index (χ1n) is 22.2. The number of halogens is 1. The Morgan fingerprint density at radius 3 is 1.74 bits per heavy atom. The van der Waals surface area contributed by atoms with Gasteiger partial charge in [-0.25, -0.2) is 19.7 Å². The predicted octanol–water partition coefficient (Wildman–Crippen LogP) is 7.57. The van der Waals surface area contributed by atoms with E-state index in [1.165, 1.54) is 0 Å². The van der Waals surface area contributed by atoms with E-state index in [1.54, 1.807) is 73.0 Å². The van der Waals surface area contributed by atoms with E-state index >= 15 is 0 Å². The number of anilines is 3. The van der Waals surface area contributed by atoms with Crippen LogP contribution in [-0.2, 0) is 40.5 Å². The van der Waals surface area contributed by atoms with Crippen LogP contribution in [0.3, 0.4) is 0 Å². The molecule has 2 aromatic carbocycles. The summed E-state index contributed by atoms with van der Waals surface area (Å²) in [6.45, 7) is 21.8. The van der Waals surface area contributed by atoms with Gasteiger partial charge in [-0.3, -0.25) is 28.9 Å². The van der Waals surface area contributed by atoms with Gasteiger partial charge in [0, 0.05) is 81.8 Å². The highest BCUT2D eigenvalue weighted by Gasteiger charge is 2.37. The third-order valence-electron chi connectivity index (χ3n) is 10.8. The van der Waals surface area contributed by atoms with Crippen molar-refractivity contribution in [1.29, 1.82) is 0 Å². The fourth-order valence-electron chi connectivity index (χ4n) is 7.60. The molecule has 8 heterocycles. The molecule has 0 saturated carbocycles. The molecule has 0 fully saturated rings. The molecule has 0 bridgehead atoms. The number of ether oxygens (including phenoxy) is 1. The van der Waals surface area contributed by atoms with Gasteiger partial charge in [0.25, 0.3) is 0 Å². The average Bonchev–Trinajstić information content (AvgIpc) is 4.15. The number of amides is 2. The van der Waals surface area contributed by atoms with Gasteiger partial charge in [-0.1, -0.05) is 50.2 Å². The van der Waals surface area contributed by atoms with Crippen LogP contribution in [-0.4, -0.2) is 86.7 Å². The Hall–Kier alpha value is -8.27. The minimum absolute atomic E-state index is 0.0480. The lowest BCUT2D eigenvalue weighted by Gasteiger charge is -2.12. The molecule has 0 spiro atoms. The molecule has 21 heteroatoms. The Morgan fingerprint density at radius 1 is 0.771 bits per heavy atom. The van der Waals surface area contributed by atoms with Crippen molar-refractivity contribution in [2.45, 2.75) is 64.7 Å². The zero-order chi connectivity index (χ0) is 49.6. The van der Waals surface area contributed by atoms with E-state index in [0.717, 1.165) is 53.6 Å². The summed E-state index contributed by atoms with van der Waals surface area (Å²) < 4.78 is 8.05. The van der Waals surface area contributed by atoms with Crippen LogP contribution in [0.5, 0.6) is 0 Å². The van der Waals surface area contributed by atoms with Gasteiger partial charge in [-0.2, -0.15) is 20.2 Å². The number of methoxy groups -OCH3 is 1. The Labute approximate surface area is 408 Å². The summed E-state index contributed by atoms with van der Waals surface area (Å²) in [4.78, 5) is 58.4. The molecule has 2 atom stereocenters. The number of rotatable bonds is 12. The van der Waals surface area contributed by atoms with E-state index in [2.05, 4.69) is 79.3 Å². The maximum absolute atomic E-state index is 13.0. The minimum Gasteiger partial charge on any atom is -0.394 e. The zero-order valence-corrected chi connectivity index (χ0v) is 39.3. The van der Waals surface area contributed by atoms with Crippen molar-refractivity contribution in [3.63, 3.8) is 0 Å². The summed E-state index contributed by atoms with van der Waals surface area (Å²) in [5, 5.41) is 27.4. The normalized spacial score (nSPS) is 14.1. The molecule has 2 amide bonds. The van der Waals surface area contributed by atoms with Crippen molar-refractivity contribution in [2.75, 3.05) is 36.3 Å². The molecular formula is C49H49ClN16O4. The fraction of sp³-hybridized carbons (Fsp3) is 0.265. The lowest BCUT2D eigenvalue weighted by atomic mass is 9.95. The molecule has 0 saturated heterocycles. The molecule has 0 radical (unpaired) electrons. The van der Waals surface area contributed by atoms with Gasteiger partial charge in [0.2, 0.25) is 23.0 Å². The molecule has 6 aromatic heterocycles. The second-order valence-corrected chi connectivity index (χ2v) is 16.0. The lowest BCUT2D eigenvalue weighted by molar-refractivity contribution is -0.117. The predicted molar refractivity (Wildman–Crippen MR) is 265 cm³/mol. The van der Waals surface area contributed by atoms with Crippen LogP contribution in [0.1, 0.15) is 72.2 Å². The van der Waals surface area contributed by atoms with Crippen LogP contribution in [0, 0.1) is 13.1 Å². The number of carbonyl (C=O) groups is 2. The standard InChI is InChI=1S/C23H20N8O.C17H13ClN6O.C6H8N2.C3H8O2/c1-3-9-31-13-17-20(19-16-10-15(24-2)6-7-18(16)27-22(19)32)28-23(29-21(17)30-31)26-12-14-5-4-8-25-11-14;1-3-6-24-8-11-14(21-17(18)22-15(11)23-24)13-10-7-9(19-2)4-5-12(10)20-16(13)25;7-4-6-2-1-3-8-5-6;1-5-3-2-4/h4-8,10-11,13,19H,3,9,12H2,1H3,(H,27,32)(H,26,29,30);4-5,7-8,13H,3,6H2,1H3,(H,20,25);1-3,5H,4,7H2;4H,2-3H2,1H3. The number of hydrogen-bond donors (Lipinski definition) is 5. The molecule has 2 unspecified atom stereocenters. The average molecular weight is 961 g/mol. The minimum atomic E-state index is -0.643. The third kappa shape index (κ3) is 11.7. The van der Waals surface area contributed by atoms with Gasteiger partial charge < -0.3 is 31.5 Å². The second-order valence-electron chi connectivity index (χ2n) is 15.7. The number of hydrogen-bond acceptors (Lipinski definition) is 14. The number of aliphatic hydroxyl groups excluding tert-OH is 1. The molecular weight excluding hydrogens is 912 g/mol. The first kappa shape index (κ1) is 49.6. The second kappa shape index (κ2) is 23.6. The molecule has 356 valence electrons. The monoisotopic (exact) mass is 960 g/mol. The van der Waals surface area contributed by atoms with Crippen LogP contribution in [0.15, 0.2) is 97.8 Å². The van der Waals surface area contributed by atoms with Crippen LogP contribution >= 0.6 is 11.6 Å². The van der Waals surface area contributed by atoms with Crippen molar-refractivity contribution in [3.05, 3.63) is 160 Å². The maximum Gasteiger partial charge on any atom is 0.238 e. The van der Waals surface area contributed by atoms with Crippen molar-refractivity contribution < 1.29 is 19.4 Å². The molecule has 0 aliphatic carbocycles. The van der Waals surface area contributed by atoms with E-state index in [0.29, 0.717) is 76.5 Å². The number of nitrogens with two attached hydrogens (primary N) is 1. The van der Waals surface area contributed by atoms with Gasteiger partial charge in [0.05, 0.1) is 48.5 Å². The van der Waals surface area contributed by atoms with E-state index in [9.17, 15) is 9.59 Å². The fourth-order valence-corrected chi connectivity index (χ4v) is 7.77.